The molecule has 0 radical (unpaired) electrons. The van der Waals surface area contributed by atoms with E-state index in [1.54, 1.807) is 4.57 Å². The molecule has 0 saturated heterocycles. The molecule has 21 heavy (non-hydrogen) atoms. The first-order valence-corrected chi connectivity index (χ1v) is 7.64. The van der Waals surface area contributed by atoms with Gasteiger partial charge >= 0.3 is 5.97 Å². The number of aryl methyl sites for hydroxylation is 1. The Morgan fingerprint density at radius 3 is 2.43 bits per heavy atom. The van der Waals surface area contributed by atoms with E-state index in [1.807, 2.05) is 6.92 Å². The largest absolute Gasteiger partial charge is 0.478 e. The molecule has 0 unspecified atom stereocenters. The molecule has 1 heterocycles. The maximum Gasteiger partial charge on any atom is 0.335 e. The molecule has 0 fully saturated rings. The Hall–Kier alpha value is -2.35. The van der Waals surface area contributed by atoms with Crippen molar-refractivity contribution in [2.75, 3.05) is 11.4 Å². The summed E-state index contributed by atoms with van der Waals surface area (Å²) in [5.41, 5.74) is 0.464. The summed E-state index contributed by atoms with van der Waals surface area (Å²) < 4.78 is 27.6. The molecule has 0 atom stereocenters. The molecule has 112 valence electrons. The quantitative estimate of drug-likeness (QED) is 0.902. The van der Waals surface area contributed by atoms with Gasteiger partial charge in [0, 0.05) is 19.8 Å². The Kier molecular flexibility index (Phi) is 3.99. The number of hydrogen-bond donors (Lipinski definition) is 1. The predicted molar refractivity (Wildman–Crippen MR) is 76.9 cm³/mol. The number of sulfonamides is 1. The Bertz CT molecular complexity index is 750. The van der Waals surface area contributed by atoms with Crippen LogP contribution in [-0.4, -0.2) is 36.1 Å². The fourth-order valence-corrected chi connectivity index (χ4v) is 2.87. The topological polar surface area (TPSA) is 92.5 Å². The first kappa shape index (κ1) is 15.0. The standard InChI is InChI=1S/C13H15N3O4S/c1-3-16-8-12(14-9-16)21(19,20)15(2)11-6-4-10(5-7-11)13(17)18/h4-9H,3H2,1-2H3,(H,17,18). The molecule has 0 amide bonds. The Labute approximate surface area is 122 Å². The van der Waals surface area contributed by atoms with Crippen LogP contribution in [0.1, 0.15) is 17.3 Å². The highest BCUT2D eigenvalue weighted by Crippen LogP contribution is 2.21. The molecule has 1 aromatic carbocycles. The number of nitrogens with zero attached hydrogens (tertiary/aromatic N) is 3. The zero-order valence-electron chi connectivity index (χ0n) is 11.6. The van der Waals surface area contributed by atoms with Gasteiger partial charge < -0.3 is 9.67 Å². The monoisotopic (exact) mass is 309 g/mol. The lowest BCUT2D eigenvalue weighted by Crippen LogP contribution is -2.26. The van der Waals surface area contributed by atoms with E-state index in [2.05, 4.69) is 4.98 Å². The average Bonchev–Trinajstić information content (AvgIpc) is 2.96. The van der Waals surface area contributed by atoms with E-state index in [9.17, 15) is 13.2 Å². The Balaban J connectivity index is 2.33. The Morgan fingerprint density at radius 2 is 1.95 bits per heavy atom. The van der Waals surface area contributed by atoms with Crippen molar-refractivity contribution in [2.45, 2.75) is 18.5 Å². The summed E-state index contributed by atoms with van der Waals surface area (Å²) >= 11 is 0. The van der Waals surface area contributed by atoms with Crippen molar-refractivity contribution in [2.24, 2.45) is 0 Å². The van der Waals surface area contributed by atoms with E-state index in [-0.39, 0.29) is 10.6 Å². The molecule has 0 aliphatic heterocycles. The van der Waals surface area contributed by atoms with Crippen LogP contribution in [0.25, 0.3) is 0 Å². The van der Waals surface area contributed by atoms with Gasteiger partial charge in [-0.15, -0.1) is 0 Å². The van der Waals surface area contributed by atoms with E-state index >= 15 is 0 Å². The maximum atomic E-state index is 12.4. The summed E-state index contributed by atoms with van der Waals surface area (Å²) in [7, 11) is -2.36. The molecule has 0 aliphatic carbocycles. The van der Waals surface area contributed by atoms with E-state index in [1.165, 1.54) is 43.8 Å². The van der Waals surface area contributed by atoms with E-state index in [0.717, 1.165) is 4.31 Å². The lowest BCUT2D eigenvalue weighted by Gasteiger charge is -2.18. The lowest BCUT2D eigenvalue weighted by molar-refractivity contribution is 0.0697. The van der Waals surface area contributed by atoms with Crippen LogP contribution in [0.2, 0.25) is 0 Å². The molecule has 1 N–H and O–H groups in total. The van der Waals surface area contributed by atoms with Gasteiger partial charge in [-0.3, -0.25) is 4.31 Å². The summed E-state index contributed by atoms with van der Waals surface area (Å²) in [6.07, 6.45) is 2.91. The zero-order valence-corrected chi connectivity index (χ0v) is 12.4. The van der Waals surface area contributed by atoms with Crippen LogP contribution < -0.4 is 4.31 Å². The van der Waals surface area contributed by atoms with Gasteiger partial charge in [-0.05, 0) is 31.2 Å². The van der Waals surface area contributed by atoms with E-state index in [4.69, 9.17) is 5.11 Å². The summed E-state index contributed by atoms with van der Waals surface area (Å²) in [6.45, 7) is 2.51. The highest BCUT2D eigenvalue weighted by atomic mass is 32.2. The number of carbonyl (C=O) groups is 1. The van der Waals surface area contributed by atoms with Crippen molar-refractivity contribution in [3.8, 4) is 0 Å². The molecule has 0 aliphatic rings. The number of carboxylic acid groups (broad SMARTS) is 1. The Morgan fingerprint density at radius 1 is 1.33 bits per heavy atom. The van der Waals surface area contributed by atoms with Gasteiger partial charge in [-0.2, -0.15) is 8.42 Å². The number of hydrogen-bond acceptors (Lipinski definition) is 4. The molecule has 1 aromatic heterocycles. The second kappa shape index (κ2) is 5.57. The molecule has 2 rings (SSSR count). The number of imidazole rings is 1. The molecule has 7 nitrogen and oxygen atoms in total. The number of rotatable bonds is 5. The maximum absolute atomic E-state index is 12.4. The third-order valence-corrected chi connectivity index (χ3v) is 4.75. The second-order valence-corrected chi connectivity index (χ2v) is 6.28. The van der Waals surface area contributed by atoms with Gasteiger partial charge in [0.1, 0.15) is 0 Å². The predicted octanol–water partition coefficient (Wildman–Crippen LogP) is 1.43. The summed E-state index contributed by atoms with van der Waals surface area (Å²) in [4.78, 5) is 14.7. The zero-order chi connectivity index (χ0) is 15.6. The number of benzene rings is 1. The van der Waals surface area contributed by atoms with E-state index in [0.29, 0.717) is 12.2 Å². The number of carboxylic acids is 1. The molecule has 8 heteroatoms. The lowest BCUT2D eigenvalue weighted by atomic mass is 10.2. The summed E-state index contributed by atoms with van der Waals surface area (Å²) in [6, 6.07) is 5.60. The van der Waals surface area contributed by atoms with Crippen molar-refractivity contribution in [3.05, 3.63) is 42.4 Å². The van der Waals surface area contributed by atoms with Crippen LogP contribution in [0.15, 0.2) is 41.8 Å². The van der Waals surface area contributed by atoms with Crippen molar-refractivity contribution >= 4 is 21.7 Å². The van der Waals surface area contributed by atoms with Crippen molar-refractivity contribution in [1.29, 1.82) is 0 Å². The molecular formula is C13H15N3O4S. The minimum atomic E-state index is -3.76. The average molecular weight is 309 g/mol. The van der Waals surface area contributed by atoms with Crippen LogP contribution >= 0.6 is 0 Å². The number of anilines is 1. The minimum Gasteiger partial charge on any atom is -0.478 e. The first-order valence-electron chi connectivity index (χ1n) is 6.20. The van der Waals surface area contributed by atoms with Crippen LogP contribution in [0.4, 0.5) is 5.69 Å². The van der Waals surface area contributed by atoms with Gasteiger partial charge in [-0.1, -0.05) is 0 Å². The first-order chi connectivity index (χ1) is 9.86. The van der Waals surface area contributed by atoms with Crippen molar-refractivity contribution < 1.29 is 18.3 Å². The van der Waals surface area contributed by atoms with Crippen LogP contribution in [0, 0.1) is 0 Å². The van der Waals surface area contributed by atoms with Gasteiger partial charge in [0.15, 0.2) is 5.03 Å². The SMILES string of the molecule is CCn1cnc(S(=O)(=O)N(C)c2ccc(C(=O)O)cc2)c1. The summed E-state index contributed by atoms with van der Waals surface area (Å²) in [5, 5.41) is 8.79. The minimum absolute atomic E-state index is 0.0471. The highest BCUT2D eigenvalue weighted by molar-refractivity contribution is 7.92. The van der Waals surface area contributed by atoms with Crippen molar-refractivity contribution in [3.63, 3.8) is 0 Å². The summed E-state index contributed by atoms with van der Waals surface area (Å²) in [5.74, 6) is -1.06. The fourth-order valence-electron chi connectivity index (χ4n) is 1.74. The van der Waals surface area contributed by atoms with Crippen LogP contribution in [0.5, 0.6) is 0 Å². The molecule has 0 bridgehead atoms. The normalized spacial score (nSPS) is 11.3. The van der Waals surface area contributed by atoms with Gasteiger partial charge in [0.05, 0.1) is 17.6 Å². The van der Waals surface area contributed by atoms with Gasteiger partial charge in [0.25, 0.3) is 10.0 Å². The number of aromatic nitrogens is 2. The van der Waals surface area contributed by atoms with Crippen LogP contribution in [-0.2, 0) is 16.6 Å². The van der Waals surface area contributed by atoms with Crippen LogP contribution in [0.3, 0.4) is 0 Å². The van der Waals surface area contributed by atoms with Gasteiger partial charge in [0.2, 0.25) is 0 Å². The second-order valence-electron chi connectivity index (χ2n) is 4.37. The highest BCUT2D eigenvalue weighted by Gasteiger charge is 2.24. The van der Waals surface area contributed by atoms with Crippen molar-refractivity contribution in [1.82, 2.24) is 9.55 Å². The smallest absolute Gasteiger partial charge is 0.335 e. The van der Waals surface area contributed by atoms with E-state index < -0.39 is 16.0 Å². The molecular weight excluding hydrogens is 294 g/mol. The third-order valence-electron chi connectivity index (χ3n) is 3.08. The molecule has 0 saturated carbocycles. The van der Waals surface area contributed by atoms with Gasteiger partial charge in [-0.25, -0.2) is 9.78 Å². The molecule has 2 aromatic rings. The third kappa shape index (κ3) is 2.89. The molecule has 0 spiro atoms. The fraction of sp³-hybridized carbons (Fsp3) is 0.231. The number of aromatic carboxylic acids is 1.